The van der Waals surface area contributed by atoms with Crippen molar-refractivity contribution in [2.75, 3.05) is 6.61 Å². The summed E-state index contributed by atoms with van der Waals surface area (Å²) in [6, 6.07) is 1.86. The molecular weight excluding hydrogens is 262 g/mol. The molecule has 7 heteroatoms. The molecular formula is C12H12F2O5. The Morgan fingerprint density at radius 2 is 1.79 bits per heavy atom. The molecule has 1 aromatic carbocycles. The van der Waals surface area contributed by atoms with Gasteiger partial charge in [-0.05, 0) is 24.1 Å². The van der Waals surface area contributed by atoms with E-state index in [9.17, 15) is 18.4 Å². The summed E-state index contributed by atoms with van der Waals surface area (Å²) in [5.74, 6) is -6.13. The van der Waals surface area contributed by atoms with Crippen molar-refractivity contribution >= 4 is 11.9 Å². The number of carboxylic acids is 2. The lowest BCUT2D eigenvalue weighted by molar-refractivity contribution is -0.141. The van der Waals surface area contributed by atoms with Crippen molar-refractivity contribution in [2.24, 2.45) is 5.92 Å². The number of aliphatic carboxylic acids is 2. The molecule has 0 amide bonds. The lowest BCUT2D eigenvalue weighted by Crippen LogP contribution is -2.14. The van der Waals surface area contributed by atoms with Gasteiger partial charge in [-0.3, -0.25) is 4.79 Å². The van der Waals surface area contributed by atoms with Crippen molar-refractivity contribution in [3.8, 4) is 5.75 Å². The van der Waals surface area contributed by atoms with Crippen LogP contribution in [0.2, 0.25) is 0 Å². The summed E-state index contributed by atoms with van der Waals surface area (Å²) in [4.78, 5) is 20.9. The molecule has 1 atom stereocenters. The molecule has 0 spiro atoms. The summed E-state index contributed by atoms with van der Waals surface area (Å²) >= 11 is 0. The van der Waals surface area contributed by atoms with Gasteiger partial charge in [0.05, 0.1) is 5.92 Å². The molecule has 0 aliphatic heterocycles. The van der Waals surface area contributed by atoms with Crippen LogP contribution in [0.3, 0.4) is 0 Å². The highest BCUT2D eigenvalue weighted by molar-refractivity contribution is 5.70. The molecule has 0 saturated heterocycles. The first-order valence-electron chi connectivity index (χ1n) is 5.36. The van der Waals surface area contributed by atoms with Crippen LogP contribution in [0.5, 0.6) is 5.75 Å². The van der Waals surface area contributed by atoms with E-state index in [-0.39, 0.29) is 12.0 Å². The van der Waals surface area contributed by atoms with Crippen molar-refractivity contribution in [1.29, 1.82) is 0 Å². The van der Waals surface area contributed by atoms with Gasteiger partial charge in [0.1, 0.15) is 0 Å². The minimum atomic E-state index is -1.36. The molecule has 5 nitrogen and oxygen atoms in total. The van der Waals surface area contributed by atoms with Crippen LogP contribution >= 0.6 is 0 Å². The number of benzene rings is 1. The molecule has 104 valence electrons. The number of hydrogen-bond acceptors (Lipinski definition) is 3. The Hall–Kier alpha value is -2.18. The molecule has 0 radical (unpaired) electrons. The van der Waals surface area contributed by atoms with Gasteiger partial charge >= 0.3 is 11.9 Å². The highest BCUT2D eigenvalue weighted by Gasteiger charge is 2.17. The Morgan fingerprint density at radius 1 is 1.26 bits per heavy atom. The van der Waals surface area contributed by atoms with Gasteiger partial charge in [0.2, 0.25) is 0 Å². The first-order valence-corrected chi connectivity index (χ1v) is 5.36. The average Bonchev–Trinajstić information content (AvgIpc) is 2.27. The van der Waals surface area contributed by atoms with Gasteiger partial charge in [-0.1, -0.05) is 6.92 Å². The Morgan fingerprint density at radius 3 is 2.21 bits per heavy atom. The zero-order chi connectivity index (χ0) is 14.6. The second-order valence-corrected chi connectivity index (χ2v) is 4.01. The largest absolute Gasteiger partial charge is 0.481 e. The Labute approximate surface area is 107 Å². The van der Waals surface area contributed by atoms with E-state index in [2.05, 4.69) is 4.74 Å². The first-order chi connectivity index (χ1) is 8.81. The van der Waals surface area contributed by atoms with Crippen LogP contribution in [0.15, 0.2) is 12.1 Å². The highest BCUT2D eigenvalue weighted by Crippen LogP contribution is 2.24. The van der Waals surface area contributed by atoms with E-state index in [4.69, 9.17) is 10.2 Å². The van der Waals surface area contributed by atoms with E-state index >= 15 is 0 Å². The van der Waals surface area contributed by atoms with E-state index in [1.165, 1.54) is 6.92 Å². The molecule has 0 aliphatic carbocycles. The van der Waals surface area contributed by atoms with Crippen LogP contribution in [0, 0.1) is 17.6 Å². The standard InChI is InChI=1S/C12H12F2O5/c1-6(12(17)18)2-7-3-8(13)11(9(14)4-7)19-5-10(15)16/h3-4,6H,2,5H2,1H3,(H,15,16)(H,17,18). The first kappa shape index (κ1) is 14.9. The normalized spacial score (nSPS) is 11.9. The summed E-state index contributed by atoms with van der Waals surface area (Å²) in [7, 11) is 0. The maximum absolute atomic E-state index is 13.5. The lowest BCUT2D eigenvalue weighted by atomic mass is 10.0. The van der Waals surface area contributed by atoms with Crippen molar-refractivity contribution in [3.63, 3.8) is 0 Å². The molecule has 1 rings (SSSR count). The number of carboxylic acid groups (broad SMARTS) is 2. The predicted octanol–water partition coefficient (Wildman–Crippen LogP) is 1.69. The Bertz CT molecular complexity index is 478. The monoisotopic (exact) mass is 274 g/mol. The quantitative estimate of drug-likeness (QED) is 0.824. The Balaban J connectivity index is 2.90. The van der Waals surface area contributed by atoms with Crippen LogP contribution in [0.25, 0.3) is 0 Å². The van der Waals surface area contributed by atoms with Gasteiger partial charge in [-0.15, -0.1) is 0 Å². The predicted molar refractivity (Wildman–Crippen MR) is 60.0 cm³/mol. The van der Waals surface area contributed by atoms with Gasteiger partial charge in [0.25, 0.3) is 0 Å². The molecule has 0 saturated carbocycles. The summed E-state index contributed by atoms with van der Waals surface area (Å²) in [6.07, 6.45) is -0.0393. The summed E-state index contributed by atoms with van der Waals surface area (Å²) in [5, 5.41) is 17.1. The fraction of sp³-hybridized carbons (Fsp3) is 0.333. The minimum Gasteiger partial charge on any atom is -0.481 e. The SMILES string of the molecule is CC(Cc1cc(F)c(OCC(=O)O)c(F)c1)C(=O)O. The fourth-order valence-electron chi connectivity index (χ4n) is 1.44. The average molecular weight is 274 g/mol. The third-order valence-corrected chi connectivity index (χ3v) is 2.36. The molecule has 0 fully saturated rings. The van der Waals surface area contributed by atoms with Crippen LogP contribution in [-0.4, -0.2) is 28.8 Å². The molecule has 1 aromatic rings. The van der Waals surface area contributed by atoms with Gasteiger partial charge in [0.15, 0.2) is 24.0 Å². The van der Waals surface area contributed by atoms with E-state index in [1.54, 1.807) is 0 Å². The zero-order valence-corrected chi connectivity index (χ0v) is 10.0. The van der Waals surface area contributed by atoms with Gasteiger partial charge in [-0.2, -0.15) is 0 Å². The molecule has 2 N–H and O–H groups in total. The topological polar surface area (TPSA) is 83.8 Å². The fourth-order valence-corrected chi connectivity index (χ4v) is 1.44. The Kier molecular flexibility index (Phi) is 4.80. The third-order valence-electron chi connectivity index (χ3n) is 2.36. The van der Waals surface area contributed by atoms with Crippen LogP contribution in [0.4, 0.5) is 8.78 Å². The smallest absolute Gasteiger partial charge is 0.341 e. The molecule has 0 heterocycles. The lowest BCUT2D eigenvalue weighted by Gasteiger charge is -2.10. The van der Waals surface area contributed by atoms with Crippen molar-refractivity contribution < 1.29 is 33.3 Å². The third kappa shape index (κ3) is 4.20. The maximum atomic E-state index is 13.5. The summed E-state index contributed by atoms with van der Waals surface area (Å²) in [5.41, 5.74) is 0.160. The van der Waals surface area contributed by atoms with E-state index in [0.717, 1.165) is 12.1 Å². The molecule has 0 aliphatic rings. The van der Waals surface area contributed by atoms with Crippen molar-refractivity contribution in [2.45, 2.75) is 13.3 Å². The molecule has 0 bridgehead atoms. The molecule has 19 heavy (non-hydrogen) atoms. The van der Waals surface area contributed by atoms with Gasteiger partial charge < -0.3 is 14.9 Å². The highest BCUT2D eigenvalue weighted by atomic mass is 19.1. The molecule has 0 aromatic heterocycles. The summed E-state index contributed by atoms with van der Waals surface area (Å²) < 4.78 is 31.5. The maximum Gasteiger partial charge on any atom is 0.341 e. The van der Waals surface area contributed by atoms with Crippen LogP contribution < -0.4 is 4.74 Å². The number of rotatable bonds is 6. The number of halogens is 2. The summed E-state index contributed by atoms with van der Waals surface area (Å²) in [6.45, 7) is 0.547. The number of hydrogen-bond donors (Lipinski definition) is 2. The van der Waals surface area contributed by atoms with Crippen molar-refractivity contribution in [1.82, 2.24) is 0 Å². The van der Waals surface area contributed by atoms with Crippen LogP contribution in [0.1, 0.15) is 12.5 Å². The second kappa shape index (κ2) is 6.12. The van der Waals surface area contributed by atoms with Crippen LogP contribution in [-0.2, 0) is 16.0 Å². The van der Waals surface area contributed by atoms with Crippen molar-refractivity contribution in [3.05, 3.63) is 29.3 Å². The number of carbonyl (C=O) groups is 2. The molecule has 1 unspecified atom stereocenters. The number of ether oxygens (including phenoxy) is 1. The zero-order valence-electron chi connectivity index (χ0n) is 10.0. The van der Waals surface area contributed by atoms with Gasteiger partial charge in [-0.25, -0.2) is 13.6 Å². The van der Waals surface area contributed by atoms with E-state index in [1.807, 2.05) is 0 Å². The minimum absolute atomic E-state index is 0.0393. The second-order valence-electron chi connectivity index (χ2n) is 4.01. The van der Waals surface area contributed by atoms with E-state index < -0.39 is 41.8 Å². The van der Waals surface area contributed by atoms with E-state index in [0.29, 0.717) is 0 Å². The van der Waals surface area contributed by atoms with Gasteiger partial charge in [0, 0.05) is 0 Å².